The molecule has 4 nitrogen and oxygen atoms in total. The highest BCUT2D eigenvalue weighted by Crippen LogP contribution is 2.26. The summed E-state index contributed by atoms with van der Waals surface area (Å²) in [6.07, 6.45) is -0.579. The molecule has 4 heteroatoms. The minimum Gasteiger partial charge on any atom is -0.465 e. The monoisotopic (exact) mass is 292 g/mol. The molecule has 0 aromatic heterocycles. The van der Waals surface area contributed by atoms with E-state index < -0.39 is 17.5 Å². The molecule has 1 atom stereocenters. The third-order valence-electron chi connectivity index (χ3n) is 3.38. The van der Waals surface area contributed by atoms with Gasteiger partial charge in [0.15, 0.2) is 0 Å². The van der Waals surface area contributed by atoms with Crippen LogP contribution in [0.15, 0.2) is 30.3 Å². The molecular formula is C17H24O4. The maximum atomic E-state index is 12.1. The van der Waals surface area contributed by atoms with E-state index in [1.165, 1.54) is 0 Å². The predicted octanol–water partition coefficient (Wildman–Crippen LogP) is 3.46. The number of esters is 2. The van der Waals surface area contributed by atoms with Gasteiger partial charge in [-0.3, -0.25) is 4.79 Å². The van der Waals surface area contributed by atoms with Crippen molar-refractivity contribution < 1.29 is 19.1 Å². The van der Waals surface area contributed by atoms with Crippen LogP contribution in [0, 0.1) is 11.3 Å². The van der Waals surface area contributed by atoms with Crippen molar-refractivity contribution in [3.8, 4) is 0 Å². The molecule has 0 aliphatic carbocycles. The molecule has 0 fully saturated rings. The summed E-state index contributed by atoms with van der Waals surface area (Å²) in [5.41, 5.74) is -0.421. The van der Waals surface area contributed by atoms with Crippen molar-refractivity contribution in [2.24, 2.45) is 11.3 Å². The lowest BCUT2D eigenvalue weighted by atomic mass is 9.87. The van der Waals surface area contributed by atoms with Gasteiger partial charge in [-0.25, -0.2) is 4.79 Å². The number of ether oxygens (including phenoxy) is 2. The van der Waals surface area contributed by atoms with Crippen molar-refractivity contribution in [2.75, 3.05) is 6.61 Å². The van der Waals surface area contributed by atoms with Gasteiger partial charge in [-0.05, 0) is 38.8 Å². The van der Waals surface area contributed by atoms with E-state index in [-0.39, 0.29) is 11.9 Å². The molecule has 0 spiro atoms. The fraction of sp³-hybridized carbons (Fsp3) is 0.529. The highest BCUT2D eigenvalue weighted by Gasteiger charge is 2.38. The number of hydrogen-bond donors (Lipinski definition) is 0. The van der Waals surface area contributed by atoms with Crippen molar-refractivity contribution in [2.45, 2.75) is 40.7 Å². The first-order valence-electron chi connectivity index (χ1n) is 7.18. The van der Waals surface area contributed by atoms with Crippen LogP contribution >= 0.6 is 0 Å². The predicted molar refractivity (Wildman–Crippen MR) is 80.9 cm³/mol. The van der Waals surface area contributed by atoms with Crippen LogP contribution in [-0.2, 0) is 14.3 Å². The van der Waals surface area contributed by atoms with Crippen LogP contribution in [0.1, 0.15) is 45.0 Å². The Morgan fingerprint density at radius 2 is 1.67 bits per heavy atom. The minimum absolute atomic E-state index is 0.270. The molecule has 0 N–H and O–H groups in total. The van der Waals surface area contributed by atoms with Crippen LogP contribution in [0.25, 0.3) is 0 Å². The number of hydrogen-bond acceptors (Lipinski definition) is 4. The molecule has 1 rings (SSSR count). The van der Waals surface area contributed by atoms with Gasteiger partial charge in [0, 0.05) is 0 Å². The minimum atomic E-state index is -0.890. The van der Waals surface area contributed by atoms with Crippen LogP contribution in [0.2, 0.25) is 0 Å². The lowest BCUT2D eigenvalue weighted by Crippen LogP contribution is -2.40. The molecule has 0 saturated heterocycles. The van der Waals surface area contributed by atoms with Gasteiger partial charge in [-0.1, -0.05) is 32.0 Å². The number of benzene rings is 1. The molecule has 0 heterocycles. The zero-order valence-electron chi connectivity index (χ0n) is 13.4. The summed E-state index contributed by atoms with van der Waals surface area (Å²) in [6.45, 7) is 9.45. The van der Waals surface area contributed by atoms with Gasteiger partial charge in [0.2, 0.25) is 0 Å². The Balaban J connectivity index is 2.66. The summed E-state index contributed by atoms with van der Waals surface area (Å²) >= 11 is 0. The molecule has 1 unspecified atom stereocenters. The van der Waals surface area contributed by atoms with Gasteiger partial charge in [0.1, 0.15) is 6.10 Å². The molecular weight excluding hydrogens is 268 g/mol. The van der Waals surface area contributed by atoms with Crippen molar-refractivity contribution in [3.05, 3.63) is 35.9 Å². The van der Waals surface area contributed by atoms with Gasteiger partial charge < -0.3 is 9.47 Å². The van der Waals surface area contributed by atoms with Crippen molar-refractivity contribution >= 4 is 11.9 Å². The fourth-order valence-corrected chi connectivity index (χ4v) is 1.54. The highest BCUT2D eigenvalue weighted by atomic mass is 16.6. The number of carbonyl (C=O) groups excluding carboxylic acids is 2. The third kappa shape index (κ3) is 4.88. The molecule has 1 aromatic carbocycles. The van der Waals surface area contributed by atoms with E-state index in [0.29, 0.717) is 12.2 Å². The van der Waals surface area contributed by atoms with Gasteiger partial charge >= 0.3 is 11.9 Å². The fourth-order valence-electron chi connectivity index (χ4n) is 1.54. The van der Waals surface area contributed by atoms with E-state index in [2.05, 4.69) is 0 Å². The van der Waals surface area contributed by atoms with Gasteiger partial charge in [0.05, 0.1) is 17.6 Å². The Morgan fingerprint density at radius 1 is 1.10 bits per heavy atom. The summed E-state index contributed by atoms with van der Waals surface area (Å²) in [7, 11) is 0. The Bertz CT molecular complexity index is 477. The molecule has 0 aliphatic heterocycles. The van der Waals surface area contributed by atoms with Crippen LogP contribution in [0.5, 0.6) is 0 Å². The van der Waals surface area contributed by atoms with Gasteiger partial charge in [-0.15, -0.1) is 0 Å². The molecule has 0 amide bonds. The van der Waals surface area contributed by atoms with Gasteiger partial charge in [-0.2, -0.15) is 0 Å². The quantitative estimate of drug-likeness (QED) is 0.753. The first-order chi connectivity index (χ1) is 9.75. The normalized spacial score (nSPS) is 12.9. The summed E-state index contributed by atoms with van der Waals surface area (Å²) in [4.78, 5) is 24.1. The topological polar surface area (TPSA) is 52.6 Å². The SMILES string of the molecule is CC(C)COC(=O)C(C)(C)C(C)OC(=O)c1ccccc1. The molecule has 0 saturated carbocycles. The van der Waals surface area contributed by atoms with Crippen LogP contribution in [0.4, 0.5) is 0 Å². The van der Waals surface area contributed by atoms with E-state index >= 15 is 0 Å². The number of rotatable bonds is 6. The molecule has 0 bridgehead atoms. The largest absolute Gasteiger partial charge is 0.465 e. The standard InChI is InChI=1S/C17H24O4/c1-12(2)11-20-16(19)17(4,5)13(3)21-15(18)14-9-7-6-8-10-14/h6-10,12-13H,11H2,1-5H3. The number of carbonyl (C=O) groups is 2. The smallest absolute Gasteiger partial charge is 0.338 e. The van der Waals surface area contributed by atoms with E-state index in [4.69, 9.17) is 9.47 Å². The zero-order valence-corrected chi connectivity index (χ0v) is 13.4. The maximum Gasteiger partial charge on any atom is 0.338 e. The second-order valence-electron chi connectivity index (χ2n) is 6.13. The lowest BCUT2D eigenvalue weighted by molar-refractivity contribution is -0.161. The summed E-state index contributed by atoms with van der Waals surface area (Å²) in [5.74, 6) is -0.524. The van der Waals surface area contributed by atoms with E-state index in [1.54, 1.807) is 45.0 Å². The average molecular weight is 292 g/mol. The zero-order chi connectivity index (χ0) is 16.0. The Labute approximate surface area is 126 Å². The van der Waals surface area contributed by atoms with Crippen molar-refractivity contribution in [3.63, 3.8) is 0 Å². The van der Waals surface area contributed by atoms with Gasteiger partial charge in [0.25, 0.3) is 0 Å². The van der Waals surface area contributed by atoms with Crippen molar-refractivity contribution in [1.29, 1.82) is 0 Å². The average Bonchev–Trinajstić information content (AvgIpc) is 2.45. The summed E-state index contributed by atoms with van der Waals surface area (Å²) < 4.78 is 10.6. The van der Waals surface area contributed by atoms with E-state index in [0.717, 1.165) is 0 Å². The summed E-state index contributed by atoms with van der Waals surface area (Å²) in [5, 5.41) is 0. The highest BCUT2D eigenvalue weighted by molar-refractivity contribution is 5.89. The summed E-state index contributed by atoms with van der Waals surface area (Å²) in [6, 6.07) is 8.72. The Hall–Kier alpha value is -1.84. The molecule has 116 valence electrons. The third-order valence-corrected chi connectivity index (χ3v) is 3.38. The molecule has 1 aromatic rings. The Morgan fingerprint density at radius 3 is 2.19 bits per heavy atom. The van der Waals surface area contributed by atoms with Crippen LogP contribution in [0.3, 0.4) is 0 Å². The Kier molecular flexibility index (Phi) is 5.94. The second-order valence-corrected chi connectivity index (χ2v) is 6.13. The van der Waals surface area contributed by atoms with E-state index in [1.807, 2.05) is 19.9 Å². The second kappa shape index (κ2) is 7.25. The molecule has 21 heavy (non-hydrogen) atoms. The van der Waals surface area contributed by atoms with Crippen LogP contribution in [-0.4, -0.2) is 24.6 Å². The van der Waals surface area contributed by atoms with E-state index in [9.17, 15) is 9.59 Å². The van der Waals surface area contributed by atoms with Crippen molar-refractivity contribution in [1.82, 2.24) is 0 Å². The van der Waals surface area contributed by atoms with Crippen LogP contribution < -0.4 is 0 Å². The first-order valence-corrected chi connectivity index (χ1v) is 7.18. The first kappa shape index (κ1) is 17.2. The molecule has 0 aliphatic rings. The lowest BCUT2D eigenvalue weighted by Gasteiger charge is -2.29. The maximum absolute atomic E-state index is 12.1. The molecule has 0 radical (unpaired) electrons.